The quantitative estimate of drug-likeness (QED) is 0.497. The first kappa shape index (κ1) is 18.2. The molecule has 2 heterocycles. The summed E-state index contributed by atoms with van der Waals surface area (Å²) >= 11 is 1.64. The zero-order chi connectivity index (χ0) is 19.8. The van der Waals surface area contributed by atoms with Crippen molar-refractivity contribution in [3.8, 4) is 12.3 Å². The average molecular weight is 403 g/mol. The SMILES string of the molecule is C#Cc1ccc2ncn(Cc3ccc4nc(NC5CCCCC5O)sc4c3)c2c1. The zero-order valence-corrected chi connectivity index (χ0v) is 16.8. The van der Waals surface area contributed by atoms with Crippen LogP contribution in [0.2, 0.25) is 0 Å². The second kappa shape index (κ2) is 7.51. The number of aliphatic hydroxyl groups is 1. The van der Waals surface area contributed by atoms with Crippen LogP contribution in [0, 0.1) is 12.3 Å². The maximum atomic E-state index is 10.2. The molecule has 1 aliphatic rings. The molecular weight excluding hydrogens is 380 g/mol. The number of aromatic nitrogens is 3. The highest BCUT2D eigenvalue weighted by atomic mass is 32.1. The molecule has 0 radical (unpaired) electrons. The van der Waals surface area contributed by atoms with Gasteiger partial charge < -0.3 is 15.0 Å². The predicted molar refractivity (Wildman–Crippen MR) is 118 cm³/mol. The van der Waals surface area contributed by atoms with Crippen molar-refractivity contribution in [1.29, 1.82) is 0 Å². The van der Waals surface area contributed by atoms with Gasteiger partial charge in [0.15, 0.2) is 5.13 Å². The van der Waals surface area contributed by atoms with E-state index in [-0.39, 0.29) is 12.1 Å². The van der Waals surface area contributed by atoms with Crippen LogP contribution in [-0.4, -0.2) is 31.8 Å². The van der Waals surface area contributed by atoms with E-state index in [1.165, 1.54) is 5.56 Å². The molecule has 1 saturated carbocycles. The van der Waals surface area contributed by atoms with E-state index in [0.717, 1.165) is 64.2 Å². The number of hydrogen-bond acceptors (Lipinski definition) is 5. The molecule has 0 saturated heterocycles. The molecule has 5 rings (SSSR count). The fourth-order valence-electron chi connectivity index (χ4n) is 4.04. The molecule has 1 aliphatic carbocycles. The summed E-state index contributed by atoms with van der Waals surface area (Å²) in [6.07, 6.45) is 11.2. The van der Waals surface area contributed by atoms with Crippen LogP contribution >= 0.6 is 11.3 Å². The maximum absolute atomic E-state index is 10.2. The van der Waals surface area contributed by atoms with Crippen LogP contribution < -0.4 is 5.32 Å². The minimum absolute atomic E-state index is 0.103. The third-order valence-corrected chi connectivity index (χ3v) is 6.58. The lowest BCUT2D eigenvalue weighted by atomic mass is 9.93. The van der Waals surface area contributed by atoms with E-state index >= 15 is 0 Å². The van der Waals surface area contributed by atoms with E-state index in [0.29, 0.717) is 0 Å². The summed E-state index contributed by atoms with van der Waals surface area (Å²) in [5.41, 5.74) is 5.02. The minimum atomic E-state index is -0.284. The molecular formula is C23H22N4OS. The Balaban J connectivity index is 1.39. The summed E-state index contributed by atoms with van der Waals surface area (Å²) < 4.78 is 3.26. The van der Waals surface area contributed by atoms with Gasteiger partial charge >= 0.3 is 0 Å². The van der Waals surface area contributed by atoms with Crippen LogP contribution in [0.4, 0.5) is 5.13 Å². The van der Waals surface area contributed by atoms with Crippen molar-refractivity contribution in [2.75, 3.05) is 5.32 Å². The number of aliphatic hydroxyl groups excluding tert-OH is 1. The van der Waals surface area contributed by atoms with Gasteiger partial charge in [-0.05, 0) is 48.7 Å². The second-order valence-corrected chi connectivity index (χ2v) is 8.67. The molecule has 0 spiro atoms. The average Bonchev–Trinajstić information content (AvgIpc) is 3.32. The molecule has 0 amide bonds. The molecule has 2 unspecified atom stereocenters. The highest BCUT2D eigenvalue weighted by Gasteiger charge is 2.23. The highest BCUT2D eigenvalue weighted by Crippen LogP contribution is 2.30. The van der Waals surface area contributed by atoms with Gasteiger partial charge in [-0.3, -0.25) is 0 Å². The van der Waals surface area contributed by atoms with Gasteiger partial charge in [-0.1, -0.05) is 36.2 Å². The first-order valence-electron chi connectivity index (χ1n) is 9.95. The number of fused-ring (bicyclic) bond motifs is 2. The summed E-state index contributed by atoms with van der Waals surface area (Å²) in [5.74, 6) is 2.69. The third-order valence-electron chi connectivity index (χ3n) is 5.63. The first-order valence-corrected chi connectivity index (χ1v) is 10.8. The van der Waals surface area contributed by atoms with Gasteiger partial charge in [0.05, 0.1) is 39.7 Å². The van der Waals surface area contributed by atoms with Gasteiger partial charge in [0.25, 0.3) is 0 Å². The molecule has 0 bridgehead atoms. The summed E-state index contributed by atoms with van der Waals surface area (Å²) in [6, 6.07) is 12.4. The molecule has 2 aromatic carbocycles. The Morgan fingerprint density at radius 2 is 2.03 bits per heavy atom. The summed E-state index contributed by atoms with van der Waals surface area (Å²) in [6.45, 7) is 0.725. The molecule has 4 aromatic rings. The number of nitrogens with one attached hydrogen (secondary N) is 1. The zero-order valence-electron chi connectivity index (χ0n) is 16.0. The van der Waals surface area contributed by atoms with Crippen LogP contribution in [0.5, 0.6) is 0 Å². The Morgan fingerprint density at radius 3 is 2.90 bits per heavy atom. The predicted octanol–water partition coefficient (Wildman–Crippen LogP) is 4.39. The number of rotatable bonds is 4. The third kappa shape index (κ3) is 3.59. The Morgan fingerprint density at radius 1 is 1.17 bits per heavy atom. The topological polar surface area (TPSA) is 63.0 Å². The number of benzene rings is 2. The monoisotopic (exact) mass is 402 g/mol. The van der Waals surface area contributed by atoms with Crippen LogP contribution in [-0.2, 0) is 6.54 Å². The van der Waals surface area contributed by atoms with Gasteiger partial charge in [0, 0.05) is 12.1 Å². The maximum Gasteiger partial charge on any atom is 0.184 e. The summed E-state index contributed by atoms with van der Waals surface area (Å²) in [7, 11) is 0. The van der Waals surface area contributed by atoms with Crippen molar-refractivity contribution >= 4 is 37.7 Å². The van der Waals surface area contributed by atoms with Crippen LogP contribution in [0.15, 0.2) is 42.7 Å². The van der Waals surface area contributed by atoms with Crippen molar-refractivity contribution in [3.63, 3.8) is 0 Å². The molecule has 2 N–H and O–H groups in total. The minimum Gasteiger partial charge on any atom is -0.391 e. The van der Waals surface area contributed by atoms with Crippen LogP contribution in [0.25, 0.3) is 21.3 Å². The molecule has 6 heteroatoms. The fraction of sp³-hybridized carbons (Fsp3) is 0.304. The van der Waals surface area contributed by atoms with E-state index in [2.05, 4.69) is 39.0 Å². The van der Waals surface area contributed by atoms with Crippen molar-refractivity contribution < 1.29 is 5.11 Å². The molecule has 5 nitrogen and oxygen atoms in total. The highest BCUT2D eigenvalue weighted by molar-refractivity contribution is 7.22. The van der Waals surface area contributed by atoms with Crippen molar-refractivity contribution in [1.82, 2.24) is 14.5 Å². The summed E-state index contributed by atoms with van der Waals surface area (Å²) in [5, 5.41) is 14.5. The van der Waals surface area contributed by atoms with Crippen LogP contribution in [0.1, 0.15) is 36.8 Å². The smallest absolute Gasteiger partial charge is 0.184 e. The van der Waals surface area contributed by atoms with E-state index in [9.17, 15) is 5.11 Å². The number of nitrogens with zero attached hydrogens (tertiary/aromatic N) is 3. The molecule has 146 valence electrons. The fourth-order valence-corrected chi connectivity index (χ4v) is 5.03. The second-order valence-electron chi connectivity index (χ2n) is 7.64. The molecule has 1 fully saturated rings. The van der Waals surface area contributed by atoms with Gasteiger partial charge in [0.2, 0.25) is 0 Å². The van der Waals surface area contributed by atoms with Crippen molar-refractivity contribution in [2.24, 2.45) is 0 Å². The Labute approximate surface area is 173 Å². The van der Waals surface area contributed by atoms with E-state index in [4.69, 9.17) is 11.4 Å². The van der Waals surface area contributed by atoms with E-state index < -0.39 is 0 Å². The lowest BCUT2D eigenvalue weighted by molar-refractivity contribution is 0.116. The first-order chi connectivity index (χ1) is 14.2. The van der Waals surface area contributed by atoms with Crippen molar-refractivity contribution in [3.05, 3.63) is 53.9 Å². The number of thiazole rings is 1. The normalized spacial score (nSPS) is 19.4. The largest absolute Gasteiger partial charge is 0.391 e. The van der Waals surface area contributed by atoms with Crippen LogP contribution in [0.3, 0.4) is 0 Å². The van der Waals surface area contributed by atoms with Gasteiger partial charge in [-0.2, -0.15) is 0 Å². The summed E-state index contributed by atoms with van der Waals surface area (Å²) in [4.78, 5) is 9.19. The molecule has 2 atom stereocenters. The van der Waals surface area contributed by atoms with Gasteiger partial charge in [-0.15, -0.1) is 6.42 Å². The van der Waals surface area contributed by atoms with E-state index in [1.54, 1.807) is 11.3 Å². The van der Waals surface area contributed by atoms with Gasteiger partial charge in [-0.25, -0.2) is 9.97 Å². The Hall–Kier alpha value is -2.88. The Bertz CT molecular complexity index is 1220. The molecule has 2 aromatic heterocycles. The standard InChI is InChI=1S/C23H22N4OS/c1-2-15-7-9-17-20(11-15)27(14-24-17)13-16-8-10-19-22(12-16)29-23(26-19)25-18-5-3-4-6-21(18)28/h1,7-12,14,18,21,28H,3-6,13H2,(H,25,26). The lowest BCUT2D eigenvalue weighted by Gasteiger charge is -2.27. The Kier molecular flexibility index (Phi) is 4.70. The number of terminal acetylenes is 1. The van der Waals surface area contributed by atoms with Gasteiger partial charge in [0.1, 0.15) is 0 Å². The number of anilines is 1. The molecule has 0 aliphatic heterocycles. The van der Waals surface area contributed by atoms with E-state index in [1.807, 2.05) is 24.5 Å². The molecule has 29 heavy (non-hydrogen) atoms. The number of imidazole rings is 1. The van der Waals surface area contributed by atoms with Crippen molar-refractivity contribution in [2.45, 2.75) is 44.4 Å². The number of hydrogen-bond donors (Lipinski definition) is 2. The lowest BCUT2D eigenvalue weighted by Crippen LogP contribution is -2.36.